The van der Waals surface area contributed by atoms with Crippen LogP contribution in [0.25, 0.3) is 11.3 Å². The van der Waals surface area contributed by atoms with Gasteiger partial charge >= 0.3 is 0 Å². The fourth-order valence-electron chi connectivity index (χ4n) is 2.16. The number of nitrogens with one attached hydrogen (secondary N) is 1. The van der Waals surface area contributed by atoms with Gasteiger partial charge in [-0.25, -0.2) is 9.97 Å². The molecule has 0 spiro atoms. The SMILES string of the molecule is CNc1nccc(-c2ccccc2Oc2ccc(N=C=S)cc2)n1. The van der Waals surface area contributed by atoms with Crippen LogP contribution in [0.2, 0.25) is 0 Å². The van der Waals surface area contributed by atoms with Crippen LogP contribution in [0.4, 0.5) is 11.6 Å². The summed E-state index contributed by atoms with van der Waals surface area (Å²) in [6, 6.07) is 16.9. The van der Waals surface area contributed by atoms with Gasteiger partial charge in [-0.05, 0) is 54.7 Å². The lowest BCUT2D eigenvalue weighted by Crippen LogP contribution is -1.97. The minimum atomic E-state index is 0.560. The lowest BCUT2D eigenvalue weighted by Gasteiger charge is -2.11. The zero-order valence-corrected chi connectivity index (χ0v) is 13.7. The summed E-state index contributed by atoms with van der Waals surface area (Å²) < 4.78 is 6.00. The number of benzene rings is 2. The standard InChI is InChI=1S/C18H14N4OS/c1-19-18-20-11-10-16(22-18)15-4-2-3-5-17(15)23-14-8-6-13(7-9-14)21-12-24/h2-11H,1H3,(H,19,20,22). The first-order chi connectivity index (χ1) is 11.8. The molecule has 2 aromatic carbocycles. The molecule has 24 heavy (non-hydrogen) atoms. The van der Waals surface area contributed by atoms with Gasteiger partial charge in [0, 0.05) is 18.8 Å². The summed E-state index contributed by atoms with van der Waals surface area (Å²) in [6.07, 6.45) is 1.71. The van der Waals surface area contributed by atoms with E-state index in [1.165, 1.54) is 0 Å². The normalized spacial score (nSPS) is 9.88. The number of para-hydroxylation sites is 1. The average Bonchev–Trinajstić information content (AvgIpc) is 2.64. The van der Waals surface area contributed by atoms with Gasteiger partial charge in [-0.15, -0.1) is 0 Å². The van der Waals surface area contributed by atoms with Crippen molar-refractivity contribution in [3.8, 4) is 22.8 Å². The van der Waals surface area contributed by atoms with E-state index in [4.69, 9.17) is 4.74 Å². The quantitative estimate of drug-likeness (QED) is 0.541. The van der Waals surface area contributed by atoms with Crippen LogP contribution in [0.5, 0.6) is 11.5 Å². The van der Waals surface area contributed by atoms with Crippen LogP contribution >= 0.6 is 12.2 Å². The molecule has 0 atom stereocenters. The maximum Gasteiger partial charge on any atom is 0.222 e. The molecule has 0 aliphatic heterocycles. The summed E-state index contributed by atoms with van der Waals surface area (Å²) in [7, 11) is 1.78. The Labute approximate surface area is 145 Å². The highest BCUT2D eigenvalue weighted by atomic mass is 32.1. The molecule has 1 N–H and O–H groups in total. The number of aliphatic imine (C=N–C) groups is 1. The highest BCUT2D eigenvalue weighted by Crippen LogP contribution is 2.32. The summed E-state index contributed by atoms with van der Waals surface area (Å²) in [6.45, 7) is 0. The second-order valence-corrected chi connectivity index (χ2v) is 4.99. The van der Waals surface area contributed by atoms with Crippen molar-refractivity contribution in [2.24, 2.45) is 4.99 Å². The van der Waals surface area contributed by atoms with Gasteiger partial charge in [0.05, 0.1) is 16.5 Å². The monoisotopic (exact) mass is 334 g/mol. The van der Waals surface area contributed by atoms with Crippen LogP contribution in [0.1, 0.15) is 0 Å². The van der Waals surface area contributed by atoms with E-state index in [0.29, 0.717) is 17.4 Å². The van der Waals surface area contributed by atoms with Crippen molar-refractivity contribution < 1.29 is 4.74 Å². The van der Waals surface area contributed by atoms with Gasteiger partial charge in [-0.3, -0.25) is 0 Å². The van der Waals surface area contributed by atoms with Gasteiger partial charge in [0.1, 0.15) is 11.5 Å². The molecule has 0 fully saturated rings. The first-order valence-electron chi connectivity index (χ1n) is 7.26. The van der Waals surface area contributed by atoms with Crippen molar-refractivity contribution in [2.75, 3.05) is 12.4 Å². The molecule has 118 valence electrons. The summed E-state index contributed by atoms with van der Waals surface area (Å²) in [5, 5.41) is 5.28. The van der Waals surface area contributed by atoms with Crippen molar-refractivity contribution in [3.05, 3.63) is 60.8 Å². The van der Waals surface area contributed by atoms with Crippen LogP contribution in [-0.2, 0) is 0 Å². The molecular formula is C18H14N4OS. The van der Waals surface area contributed by atoms with Gasteiger partial charge in [0.2, 0.25) is 5.95 Å². The predicted octanol–water partition coefficient (Wildman–Crippen LogP) is 4.71. The van der Waals surface area contributed by atoms with E-state index < -0.39 is 0 Å². The van der Waals surface area contributed by atoms with Crippen LogP contribution < -0.4 is 10.1 Å². The van der Waals surface area contributed by atoms with Crippen LogP contribution in [-0.4, -0.2) is 22.2 Å². The van der Waals surface area contributed by atoms with Crippen LogP contribution in [0, 0.1) is 0 Å². The van der Waals surface area contributed by atoms with Crippen molar-refractivity contribution in [3.63, 3.8) is 0 Å². The van der Waals surface area contributed by atoms with E-state index in [1.807, 2.05) is 54.6 Å². The molecular weight excluding hydrogens is 320 g/mol. The number of ether oxygens (including phenoxy) is 1. The molecule has 0 unspecified atom stereocenters. The number of thiocarbonyl (C=S) groups is 1. The first-order valence-corrected chi connectivity index (χ1v) is 7.67. The zero-order valence-electron chi connectivity index (χ0n) is 12.9. The van der Waals surface area contributed by atoms with Gasteiger partial charge in [0.15, 0.2) is 0 Å². The molecule has 0 amide bonds. The van der Waals surface area contributed by atoms with Crippen molar-refractivity contribution in [2.45, 2.75) is 0 Å². The third-order valence-corrected chi connectivity index (χ3v) is 3.37. The van der Waals surface area contributed by atoms with E-state index in [9.17, 15) is 0 Å². The Bertz CT molecular complexity index is 890. The average molecular weight is 334 g/mol. The van der Waals surface area contributed by atoms with Gasteiger partial charge in [-0.2, -0.15) is 4.99 Å². The van der Waals surface area contributed by atoms with Crippen LogP contribution in [0.3, 0.4) is 0 Å². The minimum absolute atomic E-state index is 0.560. The lowest BCUT2D eigenvalue weighted by molar-refractivity contribution is 0.484. The number of aromatic nitrogens is 2. The molecule has 1 heterocycles. The molecule has 0 aliphatic rings. The molecule has 0 saturated heterocycles. The Morgan fingerprint density at radius 3 is 2.62 bits per heavy atom. The Kier molecular flexibility index (Phi) is 4.91. The number of nitrogens with zero attached hydrogens (tertiary/aromatic N) is 3. The van der Waals surface area contributed by atoms with E-state index in [1.54, 1.807) is 13.2 Å². The topological polar surface area (TPSA) is 59.4 Å². The van der Waals surface area contributed by atoms with E-state index in [2.05, 4.69) is 37.7 Å². The second-order valence-electron chi connectivity index (χ2n) is 4.81. The van der Waals surface area contributed by atoms with E-state index >= 15 is 0 Å². The first kappa shape index (κ1) is 15.8. The minimum Gasteiger partial charge on any atom is -0.457 e. The Hall–Kier alpha value is -3.08. The molecule has 0 radical (unpaired) electrons. The third-order valence-electron chi connectivity index (χ3n) is 3.28. The van der Waals surface area contributed by atoms with Gasteiger partial charge in [0.25, 0.3) is 0 Å². The zero-order chi connectivity index (χ0) is 16.8. The summed E-state index contributed by atoms with van der Waals surface area (Å²) in [5.41, 5.74) is 2.41. The summed E-state index contributed by atoms with van der Waals surface area (Å²) in [4.78, 5) is 12.5. The Balaban J connectivity index is 1.92. The van der Waals surface area contributed by atoms with E-state index in [-0.39, 0.29) is 0 Å². The Morgan fingerprint density at radius 2 is 1.88 bits per heavy atom. The summed E-state index contributed by atoms with van der Waals surface area (Å²) >= 11 is 4.60. The number of anilines is 1. The molecule has 5 nitrogen and oxygen atoms in total. The number of rotatable bonds is 5. The molecule has 0 bridgehead atoms. The maximum atomic E-state index is 6.00. The third kappa shape index (κ3) is 3.63. The van der Waals surface area contributed by atoms with Crippen LogP contribution in [0.15, 0.2) is 65.8 Å². The molecule has 3 rings (SSSR count). The van der Waals surface area contributed by atoms with Crippen molar-refractivity contribution in [1.82, 2.24) is 9.97 Å². The maximum absolute atomic E-state index is 6.00. The summed E-state index contributed by atoms with van der Waals surface area (Å²) in [5.74, 6) is 1.97. The highest BCUT2D eigenvalue weighted by Gasteiger charge is 2.09. The molecule has 3 aromatic rings. The molecule has 0 saturated carbocycles. The number of isothiocyanates is 1. The van der Waals surface area contributed by atoms with Crippen molar-refractivity contribution >= 4 is 29.0 Å². The lowest BCUT2D eigenvalue weighted by atomic mass is 10.1. The van der Waals surface area contributed by atoms with Gasteiger partial charge in [-0.1, -0.05) is 12.1 Å². The smallest absolute Gasteiger partial charge is 0.222 e. The largest absolute Gasteiger partial charge is 0.457 e. The predicted molar refractivity (Wildman–Crippen MR) is 98.2 cm³/mol. The Morgan fingerprint density at radius 1 is 1.08 bits per heavy atom. The second kappa shape index (κ2) is 7.46. The molecule has 0 aliphatic carbocycles. The fraction of sp³-hybridized carbons (Fsp3) is 0.0556. The van der Waals surface area contributed by atoms with Crippen molar-refractivity contribution in [1.29, 1.82) is 0 Å². The number of hydrogen-bond donors (Lipinski definition) is 1. The van der Waals surface area contributed by atoms with Gasteiger partial charge < -0.3 is 10.1 Å². The molecule has 6 heteroatoms. The van der Waals surface area contributed by atoms with E-state index in [0.717, 1.165) is 16.9 Å². The highest BCUT2D eigenvalue weighted by molar-refractivity contribution is 7.78. The fourth-order valence-corrected chi connectivity index (χ4v) is 2.27. The molecule has 1 aromatic heterocycles. The number of hydrogen-bond acceptors (Lipinski definition) is 6.